The second kappa shape index (κ2) is 6.28. The Balaban J connectivity index is 2.17. The van der Waals surface area contributed by atoms with E-state index in [1.165, 1.54) is 20.4 Å². The topological polar surface area (TPSA) is 21.3 Å². The average Bonchev–Trinajstić information content (AvgIpc) is 2.42. The summed E-state index contributed by atoms with van der Waals surface area (Å²) >= 11 is 2.33. The normalized spacial score (nSPS) is 12.0. The molecule has 1 atom stereocenters. The van der Waals surface area contributed by atoms with Crippen molar-refractivity contribution < 1.29 is 4.74 Å². The van der Waals surface area contributed by atoms with E-state index in [0.29, 0.717) is 0 Å². The number of anilines is 1. The van der Waals surface area contributed by atoms with Gasteiger partial charge in [-0.05, 0) is 77.9 Å². The van der Waals surface area contributed by atoms with Crippen LogP contribution < -0.4 is 10.1 Å². The van der Waals surface area contributed by atoms with Gasteiger partial charge >= 0.3 is 0 Å². The van der Waals surface area contributed by atoms with E-state index in [9.17, 15) is 0 Å². The molecule has 19 heavy (non-hydrogen) atoms. The van der Waals surface area contributed by atoms with Crippen LogP contribution in [0.15, 0.2) is 42.5 Å². The molecule has 0 bridgehead atoms. The third kappa shape index (κ3) is 3.62. The summed E-state index contributed by atoms with van der Waals surface area (Å²) in [6.45, 7) is 4.29. The van der Waals surface area contributed by atoms with E-state index in [-0.39, 0.29) is 6.04 Å². The number of nitrogens with one attached hydrogen (secondary N) is 1. The summed E-state index contributed by atoms with van der Waals surface area (Å²) < 4.78 is 6.52. The first kappa shape index (κ1) is 14.2. The molecule has 0 aliphatic heterocycles. The predicted molar refractivity (Wildman–Crippen MR) is 88.9 cm³/mol. The highest BCUT2D eigenvalue weighted by Crippen LogP contribution is 2.25. The van der Waals surface area contributed by atoms with Crippen molar-refractivity contribution in [1.82, 2.24) is 0 Å². The van der Waals surface area contributed by atoms with Gasteiger partial charge < -0.3 is 10.1 Å². The molecule has 0 saturated heterocycles. The van der Waals surface area contributed by atoms with Gasteiger partial charge in [-0.25, -0.2) is 0 Å². The van der Waals surface area contributed by atoms with Crippen molar-refractivity contribution in [2.45, 2.75) is 19.9 Å². The van der Waals surface area contributed by atoms with Crippen molar-refractivity contribution in [3.8, 4) is 5.75 Å². The summed E-state index contributed by atoms with van der Waals surface area (Å²) in [5, 5.41) is 3.55. The molecule has 100 valence electrons. The molecule has 0 saturated carbocycles. The molecular weight excluding hydrogens is 349 g/mol. The highest BCUT2D eigenvalue weighted by Gasteiger charge is 2.08. The molecule has 0 aromatic heterocycles. The molecule has 0 spiro atoms. The second-order valence-electron chi connectivity index (χ2n) is 4.60. The van der Waals surface area contributed by atoms with Gasteiger partial charge in [0.1, 0.15) is 5.75 Å². The number of methoxy groups -OCH3 is 1. The minimum Gasteiger partial charge on any atom is -0.497 e. The first-order valence-corrected chi connectivity index (χ1v) is 7.34. The van der Waals surface area contributed by atoms with Gasteiger partial charge in [-0.1, -0.05) is 12.1 Å². The Morgan fingerprint density at radius 3 is 2.63 bits per heavy atom. The van der Waals surface area contributed by atoms with Crippen molar-refractivity contribution >= 4 is 28.3 Å². The zero-order chi connectivity index (χ0) is 13.8. The van der Waals surface area contributed by atoms with Crippen LogP contribution in [0.5, 0.6) is 5.75 Å². The zero-order valence-electron chi connectivity index (χ0n) is 11.4. The van der Waals surface area contributed by atoms with Crippen LogP contribution in [-0.2, 0) is 0 Å². The zero-order valence-corrected chi connectivity index (χ0v) is 13.6. The number of aryl methyl sites for hydroxylation is 1. The monoisotopic (exact) mass is 367 g/mol. The first-order chi connectivity index (χ1) is 9.10. The lowest BCUT2D eigenvalue weighted by Gasteiger charge is -2.18. The first-order valence-electron chi connectivity index (χ1n) is 6.27. The SMILES string of the molecule is COc1cccc(C(C)Nc2ccc(I)cc2C)c1. The smallest absolute Gasteiger partial charge is 0.119 e. The summed E-state index contributed by atoms with van der Waals surface area (Å²) in [7, 11) is 1.69. The molecule has 1 N–H and O–H groups in total. The van der Waals surface area contributed by atoms with Gasteiger partial charge in [0.15, 0.2) is 0 Å². The largest absolute Gasteiger partial charge is 0.497 e. The van der Waals surface area contributed by atoms with Gasteiger partial charge in [0.2, 0.25) is 0 Å². The maximum absolute atomic E-state index is 5.27. The quantitative estimate of drug-likeness (QED) is 0.786. The molecule has 0 heterocycles. The average molecular weight is 367 g/mol. The van der Waals surface area contributed by atoms with E-state index < -0.39 is 0 Å². The summed E-state index contributed by atoms with van der Waals surface area (Å²) in [4.78, 5) is 0. The van der Waals surface area contributed by atoms with Crippen molar-refractivity contribution in [2.24, 2.45) is 0 Å². The second-order valence-corrected chi connectivity index (χ2v) is 5.85. The predicted octanol–water partition coefficient (Wildman–Crippen LogP) is 4.78. The third-order valence-electron chi connectivity index (χ3n) is 3.15. The lowest BCUT2D eigenvalue weighted by atomic mass is 10.1. The van der Waals surface area contributed by atoms with E-state index in [1.807, 2.05) is 12.1 Å². The van der Waals surface area contributed by atoms with E-state index in [0.717, 1.165) is 5.75 Å². The molecule has 2 nitrogen and oxygen atoms in total. The van der Waals surface area contributed by atoms with Crippen LogP contribution in [0, 0.1) is 10.5 Å². The summed E-state index contributed by atoms with van der Waals surface area (Å²) in [6.07, 6.45) is 0. The van der Waals surface area contributed by atoms with Crippen molar-refractivity contribution in [3.05, 3.63) is 57.2 Å². The van der Waals surface area contributed by atoms with Crippen LogP contribution in [0.1, 0.15) is 24.1 Å². The molecule has 2 aromatic rings. The number of ether oxygens (including phenoxy) is 1. The Morgan fingerprint density at radius 1 is 1.16 bits per heavy atom. The summed E-state index contributed by atoms with van der Waals surface area (Å²) in [6, 6.07) is 14.8. The number of rotatable bonds is 4. The van der Waals surface area contributed by atoms with Gasteiger partial charge in [-0.3, -0.25) is 0 Å². The van der Waals surface area contributed by atoms with Gasteiger partial charge in [0, 0.05) is 15.3 Å². The lowest BCUT2D eigenvalue weighted by molar-refractivity contribution is 0.414. The minimum absolute atomic E-state index is 0.244. The van der Waals surface area contributed by atoms with E-state index in [1.54, 1.807) is 7.11 Å². The standard InChI is InChI=1S/C16H18INO/c1-11-9-14(17)7-8-16(11)18-12(2)13-5-4-6-15(10-13)19-3/h4-10,12,18H,1-3H3. The molecular formula is C16H18INO. The highest BCUT2D eigenvalue weighted by atomic mass is 127. The highest BCUT2D eigenvalue weighted by molar-refractivity contribution is 14.1. The van der Waals surface area contributed by atoms with E-state index in [2.05, 4.69) is 72.1 Å². The molecule has 1 unspecified atom stereocenters. The van der Waals surface area contributed by atoms with Crippen molar-refractivity contribution in [2.75, 3.05) is 12.4 Å². The minimum atomic E-state index is 0.244. The number of hydrogen-bond acceptors (Lipinski definition) is 2. The van der Waals surface area contributed by atoms with Crippen LogP contribution in [0.2, 0.25) is 0 Å². The summed E-state index contributed by atoms with van der Waals surface area (Å²) in [5.74, 6) is 0.894. The maximum Gasteiger partial charge on any atom is 0.119 e. The summed E-state index contributed by atoms with van der Waals surface area (Å²) in [5.41, 5.74) is 3.66. The van der Waals surface area contributed by atoms with Crippen LogP contribution in [-0.4, -0.2) is 7.11 Å². The molecule has 2 aromatic carbocycles. The molecule has 0 amide bonds. The van der Waals surface area contributed by atoms with Gasteiger partial charge in [0.25, 0.3) is 0 Å². The molecule has 3 heteroatoms. The van der Waals surface area contributed by atoms with Crippen molar-refractivity contribution in [3.63, 3.8) is 0 Å². The van der Waals surface area contributed by atoms with Gasteiger partial charge in [-0.2, -0.15) is 0 Å². The van der Waals surface area contributed by atoms with Crippen LogP contribution in [0.25, 0.3) is 0 Å². The van der Waals surface area contributed by atoms with Crippen LogP contribution in [0.3, 0.4) is 0 Å². The fourth-order valence-electron chi connectivity index (χ4n) is 2.02. The number of benzene rings is 2. The fraction of sp³-hybridized carbons (Fsp3) is 0.250. The number of halogens is 1. The molecule has 0 aliphatic rings. The Kier molecular flexibility index (Phi) is 4.69. The Hall–Kier alpha value is -1.23. The van der Waals surface area contributed by atoms with Gasteiger partial charge in [0.05, 0.1) is 7.11 Å². The van der Waals surface area contributed by atoms with E-state index >= 15 is 0 Å². The maximum atomic E-state index is 5.27. The third-order valence-corrected chi connectivity index (χ3v) is 3.83. The van der Waals surface area contributed by atoms with E-state index in [4.69, 9.17) is 4.74 Å². The van der Waals surface area contributed by atoms with Crippen LogP contribution in [0.4, 0.5) is 5.69 Å². The molecule has 2 rings (SSSR count). The Labute approximate surface area is 128 Å². The number of hydrogen-bond donors (Lipinski definition) is 1. The van der Waals surface area contributed by atoms with Crippen molar-refractivity contribution in [1.29, 1.82) is 0 Å². The lowest BCUT2D eigenvalue weighted by Crippen LogP contribution is -2.07. The Bertz CT molecular complexity index is 568. The van der Waals surface area contributed by atoms with Crippen LogP contribution >= 0.6 is 22.6 Å². The molecule has 0 radical (unpaired) electrons. The molecule has 0 fully saturated rings. The Morgan fingerprint density at radius 2 is 1.95 bits per heavy atom. The molecule has 0 aliphatic carbocycles. The van der Waals surface area contributed by atoms with Gasteiger partial charge in [-0.15, -0.1) is 0 Å². The fourth-order valence-corrected chi connectivity index (χ4v) is 2.66.